The second kappa shape index (κ2) is 34.2. The first-order chi connectivity index (χ1) is 44.7. The summed E-state index contributed by atoms with van der Waals surface area (Å²) < 4.78 is 28.4. The van der Waals surface area contributed by atoms with Crippen LogP contribution in [-0.2, 0) is 27.9 Å². The Kier molecular flexibility index (Phi) is 26.6. The minimum absolute atomic E-state index is 0.00320. The third-order valence-corrected chi connectivity index (χ3v) is 19.4. The number of rotatable bonds is 24. The lowest BCUT2D eigenvalue weighted by molar-refractivity contribution is -0.227. The average molecular weight is 1360 g/mol. The number of aliphatic hydroxyl groups is 3. The maximum Gasteiger partial charge on any atom is 0.322 e. The van der Waals surface area contributed by atoms with Crippen molar-refractivity contribution in [3.05, 3.63) is 125 Å². The highest BCUT2D eigenvalue weighted by Crippen LogP contribution is 2.42. The van der Waals surface area contributed by atoms with Crippen LogP contribution in [0.15, 0.2) is 92.0 Å². The van der Waals surface area contributed by atoms with Crippen LogP contribution in [0.1, 0.15) is 142 Å². The predicted molar refractivity (Wildman–Crippen MR) is 348 cm³/mol. The Morgan fingerprint density at radius 1 is 0.734 bits per heavy atom. The molecule has 5 aliphatic rings. The van der Waals surface area contributed by atoms with Gasteiger partial charge in [-0.1, -0.05) is 55.8 Å². The molecular weight excluding hydrogens is 1280 g/mol. The van der Waals surface area contributed by atoms with Crippen molar-refractivity contribution in [3.63, 3.8) is 0 Å². The number of imidazole rings is 1. The summed E-state index contributed by atoms with van der Waals surface area (Å²) in [4.78, 5) is 128. The van der Waals surface area contributed by atoms with Crippen LogP contribution in [0.2, 0.25) is 0 Å². The molecular formula is C62H78N12O17PS2-. The second-order valence-electron chi connectivity index (χ2n) is 22.7. The molecule has 0 aliphatic carbocycles. The van der Waals surface area contributed by atoms with Crippen LogP contribution in [0.3, 0.4) is 0 Å². The molecule has 32 heteroatoms. The molecule has 0 radical (unpaired) electrons. The Hall–Kier alpha value is -8.29. The summed E-state index contributed by atoms with van der Waals surface area (Å²) in [5.41, 5.74) is 9.57. The zero-order chi connectivity index (χ0) is 68.4. The fraction of sp³-hybridized carbons (Fsp3) is 0.452. The van der Waals surface area contributed by atoms with E-state index in [4.69, 9.17) is 20.1 Å². The van der Waals surface area contributed by atoms with Gasteiger partial charge in [0.05, 0.1) is 43.5 Å². The number of nitrogens with zero attached hydrogens (tertiary/aromatic N) is 4. The van der Waals surface area contributed by atoms with Gasteiger partial charge in [-0.25, -0.2) is 24.5 Å². The number of ketones is 3. The Morgan fingerprint density at radius 3 is 1.74 bits per heavy atom. The van der Waals surface area contributed by atoms with E-state index in [9.17, 15) is 62.8 Å². The number of nitrogens with two attached hydrogens (primary N) is 1. The number of nitrogens with one attached hydrogen (secondary N) is 7. The summed E-state index contributed by atoms with van der Waals surface area (Å²) in [6, 6.07) is 20.0. The number of ether oxygens (including phenoxy) is 1. The predicted octanol–water partition coefficient (Wildman–Crippen LogP) is 4.30. The summed E-state index contributed by atoms with van der Waals surface area (Å²) in [6.45, 7) is 8.01. The van der Waals surface area contributed by atoms with Gasteiger partial charge in [-0.15, -0.1) is 0 Å². The van der Waals surface area contributed by atoms with E-state index in [-0.39, 0.29) is 118 Å². The number of hydrogen-bond acceptors (Lipinski definition) is 23. The summed E-state index contributed by atoms with van der Waals surface area (Å²) in [5.74, 6) is 0.159. The fourth-order valence-corrected chi connectivity index (χ4v) is 14.4. The van der Waals surface area contributed by atoms with Crippen molar-refractivity contribution in [1.29, 1.82) is 0 Å². The number of nitrogen functional groups attached to an aromatic ring is 1. The number of anilines is 1. The molecule has 506 valence electrons. The highest BCUT2D eigenvalue weighted by atomic mass is 32.2. The van der Waals surface area contributed by atoms with Gasteiger partial charge in [-0.2, -0.15) is 23.5 Å². The number of aromatic nitrogens is 4. The Balaban J connectivity index is 0.000000194. The van der Waals surface area contributed by atoms with E-state index in [1.807, 2.05) is 25.6 Å². The normalized spacial score (nSPS) is 22.7. The van der Waals surface area contributed by atoms with Crippen molar-refractivity contribution in [2.45, 2.75) is 144 Å². The molecule has 3 aromatic carbocycles. The number of urea groups is 2. The van der Waals surface area contributed by atoms with E-state index in [2.05, 4.69) is 63.3 Å². The quantitative estimate of drug-likeness (QED) is 0.0102. The van der Waals surface area contributed by atoms with Crippen LogP contribution in [0.25, 0.3) is 16.9 Å². The Bertz CT molecular complexity index is 3580. The molecule has 2 aromatic heterocycles. The van der Waals surface area contributed by atoms with Crippen molar-refractivity contribution in [1.82, 2.24) is 56.7 Å². The van der Waals surface area contributed by atoms with Gasteiger partial charge in [0.15, 0.2) is 29.3 Å². The standard InChI is InChI=1S/C20H28N7O9PS.C20H25N3O4S.C12H15NO2.C10H11NO2/c21-17-14-18(23-7-22-17)27(8-24-14)19-16(30)15(29)10(35-19)5-34-37(32,33)36-12(28)4-2-1-3-11-13-9(6-38-11)25-20(31)26-13;1-21-19(26)13-8-6-12(7-9-13)16(25)10-14(24)4-2-3-5-17-18-15(11-28-17)22-20(27)23-18;1-8(2)13-12(15)11-6-4-10(5-7-11)9(3)14;1-7(12)8-3-5-9(6-4-8)10(13)11-2/h7-11,13,15-16,19,29-30H,1-6H2,(H,32,33)(H2,21,22,23)(H2,25,26,31);6-9,15,17-18H,2-5,10-11H2,1H3,(H,21,26)(H2,22,23,27);4-8,14H,3H2,1-2H3,(H,13,15);3-6H,1-2H3,(H,11,13)/p-1. The van der Waals surface area contributed by atoms with Gasteiger partial charge in [-0.05, 0) is 82.9 Å². The molecule has 5 fully saturated rings. The van der Waals surface area contributed by atoms with Gasteiger partial charge in [0, 0.05) is 88.4 Å². The monoisotopic (exact) mass is 1360 g/mol. The minimum Gasteiger partial charge on any atom is -0.746 e. The largest absolute Gasteiger partial charge is 0.746 e. The van der Waals surface area contributed by atoms with Crippen molar-refractivity contribution in [2.75, 3.05) is 37.9 Å². The van der Waals surface area contributed by atoms with Gasteiger partial charge >= 0.3 is 25.9 Å². The van der Waals surface area contributed by atoms with Crippen LogP contribution in [0.5, 0.6) is 0 Å². The topological polar surface area (TPSA) is 436 Å². The highest BCUT2D eigenvalue weighted by Gasteiger charge is 2.46. The molecule has 10 rings (SSSR count). The molecule has 0 saturated carbocycles. The number of fused-ring (bicyclic) bond motifs is 3. The highest BCUT2D eigenvalue weighted by molar-refractivity contribution is 8.00. The zero-order valence-corrected chi connectivity index (χ0v) is 54.8. The van der Waals surface area contributed by atoms with Gasteiger partial charge < -0.3 is 76.9 Å². The number of thioether (sulfide) groups is 2. The van der Waals surface area contributed by atoms with Crippen molar-refractivity contribution in [2.24, 2.45) is 0 Å². The summed E-state index contributed by atoms with van der Waals surface area (Å²) >= 11 is 3.61. The molecule has 7 amide bonds. The first-order valence-corrected chi connectivity index (χ1v) is 33.8. The van der Waals surface area contributed by atoms with Crippen LogP contribution in [-0.4, -0.2) is 179 Å². The van der Waals surface area contributed by atoms with Crippen LogP contribution < -0.4 is 47.8 Å². The van der Waals surface area contributed by atoms with Crippen molar-refractivity contribution in [3.8, 4) is 0 Å². The van der Waals surface area contributed by atoms with Crippen LogP contribution >= 0.6 is 31.3 Å². The van der Waals surface area contributed by atoms with Gasteiger partial charge in [0.25, 0.3) is 17.7 Å². The van der Waals surface area contributed by atoms with Gasteiger partial charge in [0.1, 0.15) is 41.7 Å². The lowest BCUT2D eigenvalue weighted by atomic mass is 9.99. The van der Waals surface area contributed by atoms with Crippen LogP contribution in [0, 0.1) is 0 Å². The fourth-order valence-electron chi connectivity index (χ4n) is 10.6. The molecule has 5 aliphatic heterocycles. The maximum absolute atomic E-state index is 12.2. The van der Waals surface area contributed by atoms with E-state index in [1.165, 1.54) is 24.1 Å². The molecule has 11 unspecified atom stereocenters. The van der Waals surface area contributed by atoms with Gasteiger partial charge in [-0.3, -0.25) is 42.7 Å². The maximum atomic E-state index is 12.2. The molecule has 5 saturated heterocycles. The molecule has 11 atom stereocenters. The number of Topliss-reactive ketones (excluding diaryl/α,β-unsaturated/α-hetero) is 3. The summed E-state index contributed by atoms with van der Waals surface area (Å²) in [6.07, 6.45) is 1.66. The molecule has 5 aromatic rings. The van der Waals surface area contributed by atoms with E-state index in [0.717, 1.165) is 37.2 Å². The number of aliphatic hydroxyl groups excluding tert-OH is 3. The first-order valence-electron chi connectivity index (χ1n) is 30.2. The number of unbranched alkanes of at least 4 members (excludes halogenated alkanes) is 2. The third kappa shape index (κ3) is 20.4. The minimum atomic E-state index is -5.05. The Morgan fingerprint density at radius 2 is 1.23 bits per heavy atom. The zero-order valence-electron chi connectivity index (χ0n) is 52.3. The van der Waals surface area contributed by atoms with E-state index in [1.54, 1.807) is 98.7 Å². The SMILES string of the molecule is C=C(O)c1ccc(C(=O)NC(C)C)cc1.CNC(=O)c1ccc(C(=O)CC(=O)CCCCC2SCC3NC(=O)NC32)cc1.CNC(=O)c1ccc(C(C)=O)cc1.Nc1ncnc2c1ncn2C1OC(COP(=O)([O-])OC(=O)CCCCC2SCC3NC(=O)NC32)C(O)C1O. The number of hydrogen-bond donors (Lipinski definition) is 11. The number of benzene rings is 3. The van der Waals surface area contributed by atoms with E-state index >= 15 is 0 Å². The number of carbonyl (C=O) groups is 9. The lowest BCUT2D eigenvalue weighted by Gasteiger charge is -2.24. The number of carbonyl (C=O) groups excluding carboxylic acids is 9. The summed E-state index contributed by atoms with van der Waals surface area (Å²) in [7, 11) is -1.94. The molecule has 0 spiro atoms. The smallest absolute Gasteiger partial charge is 0.322 e. The molecule has 29 nitrogen and oxygen atoms in total. The Labute approximate surface area is 550 Å². The number of phosphoric ester groups is 1. The molecule has 7 heterocycles. The van der Waals surface area contributed by atoms with Gasteiger partial charge in [0.2, 0.25) is 0 Å². The first kappa shape index (κ1) is 73.1. The lowest BCUT2D eigenvalue weighted by Crippen LogP contribution is -2.36. The molecule has 94 heavy (non-hydrogen) atoms. The number of amides is 7. The van der Waals surface area contributed by atoms with Crippen LogP contribution in [0.4, 0.5) is 15.4 Å². The molecule has 0 bridgehead atoms. The van der Waals surface area contributed by atoms with E-state index in [0.29, 0.717) is 57.9 Å². The number of phosphoric acid groups is 1. The average Bonchev–Trinajstić information content (AvgIpc) is 1.63. The third-order valence-electron chi connectivity index (χ3n) is 15.5. The summed E-state index contributed by atoms with van der Waals surface area (Å²) in [5, 5.41) is 50.0. The second-order valence-corrected chi connectivity index (χ2v) is 26.6. The van der Waals surface area contributed by atoms with E-state index < -0.39 is 44.9 Å². The van der Waals surface area contributed by atoms with Crippen molar-refractivity contribution < 1.29 is 81.7 Å². The van der Waals surface area contributed by atoms with Crippen molar-refractivity contribution >= 4 is 107 Å². The molecule has 12 N–H and O–H groups in total.